The number of aliphatic hydroxyl groups is 2. The number of Topliss-reactive ketones (excluding diaryl/α,β-unsaturated/α-hetero) is 1. The maximum absolute atomic E-state index is 10.3. The lowest BCUT2D eigenvalue weighted by molar-refractivity contribution is -0.124. The summed E-state index contributed by atoms with van der Waals surface area (Å²) in [6, 6.07) is 0. The highest BCUT2D eigenvalue weighted by Gasteiger charge is 2.20. The zero-order chi connectivity index (χ0) is 21.9. The molecule has 4 nitrogen and oxygen atoms in total. The van der Waals surface area contributed by atoms with E-state index in [0.29, 0.717) is 17.9 Å². The first-order chi connectivity index (χ1) is 11.8. The molecule has 4 heteroatoms. The molecule has 26 heavy (non-hydrogen) atoms. The Hall–Kier alpha value is -0.450. The Labute approximate surface area is 165 Å². The highest BCUT2D eigenvalue weighted by Crippen LogP contribution is 2.32. The Bertz CT molecular complexity index is 273. The van der Waals surface area contributed by atoms with E-state index in [1.165, 1.54) is 19.9 Å². The van der Waals surface area contributed by atoms with Crippen molar-refractivity contribution in [3.63, 3.8) is 0 Å². The average molecular weight is 378 g/mol. The zero-order valence-electron chi connectivity index (χ0n) is 19.7. The van der Waals surface area contributed by atoms with Crippen molar-refractivity contribution in [3.8, 4) is 0 Å². The van der Waals surface area contributed by atoms with Gasteiger partial charge in [-0.25, -0.2) is 0 Å². The van der Waals surface area contributed by atoms with Gasteiger partial charge in [0.2, 0.25) is 0 Å². The molecule has 0 aliphatic heterocycles. The molecule has 0 aliphatic carbocycles. The monoisotopic (exact) mass is 377 g/mol. The number of aliphatic hydroxyl groups excluding tert-OH is 2. The smallest absolute Gasteiger partial charge is 0.160 e. The van der Waals surface area contributed by atoms with E-state index in [-0.39, 0.29) is 18.3 Å². The van der Waals surface area contributed by atoms with Crippen molar-refractivity contribution in [1.82, 2.24) is 0 Å². The summed E-state index contributed by atoms with van der Waals surface area (Å²) in [5.41, 5.74) is 5.04. The van der Waals surface area contributed by atoms with E-state index in [4.69, 9.17) is 10.2 Å². The molecular formula is C22H51NO3. The molecule has 0 heterocycles. The number of hydrogen-bond acceptors (Lipinski definition) is 4. The molecule has 0 rings (SSSR count). The van der Waals surface area contributed by atoms with Crippen LogP contribution in [0.4, 0.5) is 0 Å². The zero-order valence-corrected chi connectivity index (χ0v) is 19.7. The van der Waals surface area contributed by atoms with Gasteiger partial charge in [-0.2, -0.15) is 0 Å². The topological polar surface area (TPSA) is 83.5 Å². The summed E-state index contributed by atoms with van der Waals surface area (Å²) < 4.78 is 0. The van der Waals surface area contributed by atoms with Gasteiger partial charge in [0.15, 0.2) is 5.78 Å². The molecule has 0 aromatic heterocycles. The van der Waals surface area contributed by atoms with E-state index in [1.54, 1.807) is 13.8 Å². The largest absolute Gasteiger partial charge is 0.396 e. The quantitative estimate of drug-likeness (QED) is 0.561. The molecule has 0 atom stereocenters. The van der Waals surface area contributed by atoms with Crippen LogP contribution in [-0.2, 0) is 4.79 Å². The molecule has 4 N–H and O–H groups in total. The Morgan fingerprint density at radius 3 is 1.23 bits per heavy atom. The summed E-state index contributed by atoms with van der Waals surface area (Å²) in [5, 5.41) is 16.4. The molecular weight excluding hydrogens is 326 g/mol. The first kappa shape index (κ1) is 33.2. The van der Waals surface area contributed by atoms with Crippen LogP contribution in [-0.4, -0.2) is 36.3 Å². The normalized spacial score (nSPS) is 10.7. The van der Waals surface area contributed by atoms with Gasteiger partial charge in [-0.3, -0.25) is 4.79 Å². The lowest BCUT2D eigenvalue weighted by Crippen LogP contribution is -2.16. The van der Waals surface area contributed by atoms with E-state index >= 15 is 0 Å². The minimum atomic E-state index is -0.322. The molecule has 0 saturated carbocycles. The van der Waals surface area contributed by atoms with Gasteiger partial charge in [-0.1, -0.05) is 69.2 Å². The predicted molar refractivity (Wildman–Crippen MR) is 116 cm³/mol. The van der Waals surface area contributed by atoms with Gasteiger partial charge >= 0.3 is 0 Å². The summed E-state index contributed by atoms with van der Waals surface area (Å²) in [4.78, 5) is 10.3. The van der Waals surface area contributed by atoms with Crippen LogP contribution in [0.3, 0.4) is 0 Å². The summed E-state index contributed by atoms with van der Waals surface area (Å²) in [6.07, 6.45) is 3.64. The van der Waals surface area contributed by atoms with Crippen molar-refractivity contribution in [1.29, 1.82) is 0 Å². The second-order valence-corrected chi connectivity index (χ2v) is 9.05. The molecule has 162 valence electrons. The predicted octanol–water partition coefficient (Wildman–Crippen LogP) is 4.91. The van der Waals surface area contributed by atoms with Crippen LogP contribution in [0.2, 0.25) is 0 Å². The second-order valence-electron chi connectivity index (χ2n) is 9.05. The summed E-state index contributed by atoms with van der Waals surface area (Å²) in [6.45, 7) is 21.7. The van der Waals surface area contributed by atoms with Crippen molar-refractivity contribution in [2.45, 2.75) is 88.5 Å². The first-order valence-electron chi connectivity index (χ1n) is 10.1. The Kier molecular flexibility index (Phi) is 26.6. The molecule has 0 aliphatic rings. The lowest BCUT2D eigenvalue weighted by atomic mass is 9.78. The molecule has 0 amide bonds. The third kappa shape index (κ3) is 34.8. The minimum absolute atomic E-state index is 0.0231. The van der Waals surface area contributed by atoms with Crippen LogP contribution in [0, 0.1) is 29.1 Å². The van der Waals surface area contributed by atoms with Gasteiger partial charge < -0.3 is 15.9 Å². The van der Waals surface area contributed by atoms with E-state index in [9.17, 15) is 4.79 Å². The van der Waals surface area contributed by atoms with Crippen molar-refractivity contribution in [2.75, 3.05) is 20.3 Å². The van der Waals surface area contributed by atoms with Gasteiger partial charge in [0.1, 0.15) is 6.61 Å². The van der Waals surface area contributed by atoms with Crippen molar-refractivity contribution in [3.05, 3.63) is 0 Å². The fourth-order valence-corrected chi connectivity index (χ4v) is 2.73. The highest BCUT2D eigenvalue weighted by atomic mass is 16.3. The summed E-state index contributed by atoms with van der Waals surface area (Å²) >= 11 is 0. The van der Waals surface area contributed by atoms with Gasteiger partial charge in [-0.05, 0) is 49.5 Å². The summed E-state index contributed by atoms with van der Waals surface area (Å²) in [7, 11) is 1.50. The van der Waals surface area contributed by atoms with Crippen LogP contribution < -0.4 is 5.73 Å². The Balaban J connectivity index is -0.000000140. The van der Waals surface area contributed by atoms with E-state index in [0.717, 1.165) is 18.3 Å². The van der Waals surface area contributed by atoms with Crippen molar-refractivity contribution in [2.24, 2.45) is 34.8 Å². The van der Waals surface area contributed by atoms with Gasteiger partial charge in [0.05, 0.1) is 0 Å². The number of nitrogens with two attached hydrogens (primary N) is 1. The standard InChI is InChI=1S/C11H24.C5H10O2.C5H12O.CH5N/c1-9(2)7-11(5,6)8-10(3)4;1-4(2)5(7)3-6;1-5(2)3-4-6;1-2/h9-10H,7-8H2,1-6H3;4,6H,3H2,1-2H3;5-6H,3-4H2,1-2H3;2H2,1H3. The summed E-state index contributed by atoms with van der Waals surface area (Å²) in [5.74, 6) is 2.20. The number of carbonyl (C=O) groups excluding carboxylic acids is 1. The lowest BCUT2D eigenvalue weighted by Gasteiger charge is -2.28. The average Bonchev–Trinajstić information content (AvgIpc) is 2.46. The Morgan fingerprint density at radius 1 is 0.808 bits per heavy atom. The van der Waals surface area contributed by atoms with Gasteiger partial charge in [0.25, 0.3) is 0 Å². The maximum atomic E-state index is 10.3. The fourth-order valence-electron chi connectivity index (χ4n) is 2.73. The molecule has 0 aromatic rings. The van der Waals surface area contributed by atoms with Crippen molar-refractivity contribution >= 4 is 5.78 Å². The third-order valence-corrected chi connectivity index (χ3v) is 3.43. The van der Waals surface area contributed by atoms with Crippen LogP contribution in [0.5, 0.6) is 0 Å². The number of ketones is 1. The molecule has 0 radical (unpaired) electrons. The molecule has 0 unspecified atom stereocenters. The second kappa shape index (κ2) is 20.9. The minimum Gasteiger partial charge on any atom is -0.396 e. The number of hydrogen-bond donors (Lipinski definition) is 3. The van der Waals surface area contributed by atoms with E-state index in [2.05, 4.69) is 61.1 Å². The van der Waals surface area contributed by atoms with Crippen LogP contribution in [0.15, 0.2) is 0 Å². The molecule has 0 saturated heterocycles. The molecule has 0 bridgehead atoms. The first-order valence-corrected chi connectivity index (χ1v) is 10.1. The van der Waals surface area contributed by atoms with Crippen LogP contribution >= 0.6 is 0 Å². The van der Waals surface area contributed by atoms with Crippen LogP contribution in [0.1, 0.15) is 88.5 Å². The molecule has 0 fully saturated rings. The maximum Gasteiger partial charge on any atom is 0.160 e. The number of rotatable bonds is 8. The SMILES string of the molecule is CC(C)C(=O)CO.CC(C)CC(C)(C)CC(C)C.CC(C)CCO.CN. The van der Waals surface area contributed by atoms with E-state index in [1.807, 2.05) is 0 Å². The van der Waals surface area contributed by atoms with Gasteiger partial charge in [-0.15, -0.1) is 0 Å². The van der Waals surface area contributed by atoms with Crippen LogP contribution in [0.25, 0.3) is 0 Å². The number of carbonyl (C=O) groups is 1. The highest BCUT2D eigenvalue weighted by molar-refractivity contribution is 5.81. The van der Waals surface area contributed by atoms with Gasteiger partial charge in [0, 0.05) is 12.5 Å². The Morgan fingerprint density at radius 2 is 1.15 bits per heavy atom. The van der Waals surface area contributed by atoms with E-state index < -0.39 is 0 Å². The van der Waals surface area contributed by atoms with Crippen molar-refractivity contribution < 1.29 is 15.0 Å². The molecule has 0 spiro atoms. The third-order valence-electron chi connectivity index (χ3n) is 3.43. The molecule has 0 aromatic carbocycles. The fraction of sp³-hybridized carbons (Fsp3) is 0.955.